The van der Waals surface area contributed by atoms with Crippen LogP contribution in [0.2, 0.25) is 0 Å². The molecule has 0 saturated heterocycles. The number of hydrogen-bond acceptors (Lipinski definition) is 6. The monoisotopic (exact) mass is 276 g/mol. The minimum absolute atomic E-state index is 0.545. The molecule has 6 heteroatoms. The summed E-state index contributed by atoms with van der Waals surface area (Å²) < 4.78 is 0. The van der Waals surface area contributed by atoms with E-state index in [1.165, 1.54) is 23.0 Å². The van der Waals surface area contributed by atoms with Crippen molar-refractivity contribution in [3.05, 3.63) is 34.3 Å². The normalized spacial score (nSPS) is 10.1. The molecule has 0 aromatic carbocycles. The van der Waals surface area contributed by atoms with E-state index in [0.29, 0.717) is 11.4 Å². The van der Waals surface area contributed by atoms with Gasteiger partial charge in [0.2, 0.25) is 0 Å². The summed E-state index contributed by atoms with van der Waals surface area (Å²) in [5.74, 6) is 0.685. The Hall–Kier alpha value is -1.58. The Morgan fingerprint density at radius 2 is 2.33 bits per heavy atom. The fourth-order valence-electron chi connectivity index (χ4n) is 1.61. The minimum Gasteiger partial charge on any atom is -0.353 e. The highest BCUT2D eigenvalue weighted by molar-refractivity contribution is 7.98. The smallest absolute Gasteiger partial charge is 0.151 e. The highest BCUT2D eigenvalue weighted by Gasteiger charge is 2.14. The molecule has 18 heavy (non-hydrogen) atoms. The van der Waals surface area contributed by atoms with Gasteiger partial charge in [0.15, 0.2) is 5.82 Å². The second-order valence-electron chi connectivity index (χ2n) is 3.63. The van der Waals surface area contributed by atoms with Gasteiger partial charge in [-0.2, -0.15) is 5.26 Å². The van der Waals surface area contributed by atoms with E-state index in [0.717, 1.165) is 11.6 Å². The van der Waals surface area contributed by atoms with Gasteiger partial charge in [-0.3, -0.25) is 0 Å². The number of hydrogen-bond donors (Lipinski definition) is 0. The summed E-state index contributed by atoms with van der Waals surface area (Å²) in [4.78, 5) is 11.6. The Bertz CT molecular complexity index is 560. The number of rotatable bonds is 4. The van der Waals surface area contributed by atoms with Crippen molar-refractivity contribution < 1.29 is 0 Å². The molecule has 92 valence electrons. The molecule has 0 aliphatic rings. The third kappa shape index (κ3) is 2.63. The van der Waals surface area contributed by atoms with Crippen LogP contribution in [0.15, 0.2) is 28.9 Å². The van der Waals surface area contributed by atoms with Crippen molar-refractivity contribution in [3.63, 3.8) is 0 Å². The second-order valence-corrected chi connectivity index (χ2v) is 5.46. The Kier molecular flexibility index (Phi) is 4.18. The van der Waals surface area contributed by atoms with E-state index in [-0.39, 0.29) is 0 Å². The van der Waals surface area contributed by atoms with Crippen LogP contribution in [-0.2, 0) is 6.54 Å². The maximum Gasteiger partial charge on any atom is 0.151 e. The van der Waals surface area contributed by atoms with E-state index in [1.54, 1.807) is 11.3 Å². The van der Waals surface area contributed by atoms with Crippen LogP contribution in [0, 0.1) is 11.3 Å². The van der Waals surface area contributed by atoms with Crippen LogP contribution in [0.1, 0.15) is 10.4 Å². The Morgan fingerprint density at radius 3 is 2.94 bits per heavy atom. The van der Waals surface area contributed by atoms with Crippen LogP contribution in [-0.4, -0.2) is 23.3 Å². The van der Waals surface area contributed by atoms with Crippen LogP contribution >= 0.6 is 23.1 Å². The minimum atomic E-state index is 0.545. The first-order valence-corrected chi connectivity index (χ1v) is 7.39. The van der Waals surface area contributed by atoms with E-state index in [4.69, 9.17) is 0 Å². The van der Waals surface area contributed by atoms with Gasteiger partial charge in [-0.05, 0) is 17.7 Å². The van der Waals surface area contributed by atoms with Gasteiger partial charge in [-0.25, -0.2) is 9.97 Å². The highest BCUT2D eigenvalue weighted by atomic mass is 32.2. The molecule has 0 radical (unpaired) electrons. The van der Waals surface area contributed by atoms with Gasteiger partial charge in [0, 0.05) is 11.9 Å². The fourth-order valence-corrected chi connectivity index (χ4v) is 2.86. The quantitative estimate of drug-likeness (QED) is 0.635. The summed E-state index contributed by atoms with van der Waals surface area (Å²) in [6, 6.07) is 6.29. The average Bonchev–Trinajstić information content (AvgIpc) is 2.90. The maximum atomic E-state index is 9.24. The summed E-state index contributed by atoms with van der Waals surface area (Å²) >= 11 is 3.16. The van der Waals surface area contributed by atoms with Crippen molar-refractivity contribution in [2.24, 2.45) is 0 Å². The number of nitriles is 1. The molecular weight excluding hydrogens is 264 g/mol. The molecule has 0 amide bonds. The molecule has 2 aromatic heterocycles. The summed E-state index contributed by atoms with van der Waals surface area (Å²) in [5, 5.41) is 12.0. The molecule has 0 aliphatic heterocycles. The molecule has 2 aromatic rings. The topological polar surface area (TPSA) is 52.8 Å². The first-order chi connectivity index (χ1) is 8.76. The molecule has 0 fully saturated rings. The molecule has 2 rings (SSSR count). The van der Waals surface area contributed by atoms with Crippen molar-refractivity contribution in [2.45, 2.75) is 11.6 Å². The number of nitrogens with zero attached hydrogens (tertiary/aromatic N) is 4. The third-order valence-electron chi connectivity index (χ3n) is 2.43. The zero-order valence-electron chi connectivity index (χ0n) is 10.1. The molecule has 0 aliphatic carbocycles. The van der Waals surface area contributed by atoms with Gasteiger partial charge in [0.25, 0.3) is 0 Å². The predicted octanol–water partition coefficient (Wildman–Crippen LogP) is 2.77. The van der Waals surface area contributed by atoms with Crippen molar-refractivity contribution in [2.75, 3.05) is 18.2 Å². The molecule has 0 saturated carbocycles. The van der Waals surface area contributed by atoms with E-state index in [2.05, 4.69) is 22.1 Å². The second kappa shape index (κ2) is 5.85. The van der Waals surface area contributed by atoms with Crippen molar-refractivity contribution in [1.82, 2.24) is 9.97 Å². The van der Waals surface area contributed by atoms with Crippen LogP contribution in [0.25, 0.3) is 0 Å². The summed E-state index contributed by atoms with van der Waals surface area (Å²) in [5.41, 5.74) is 0.545. The lowest BCUT2D eigenvalue weighted by atomic mass is 10.3. The lowest BCUT2D eigenvalue weighted by Crippen LogP contribution is -2.18. The first-order valence-electron chi connectivity index (χ1n) is 5.29. The molecule has 0 atom stereocenters. The highest BCUT2D eigenvalue weighted by Crippen LogP contribution is 2.25. The van der Waals surface area contributed by atoms with Crippen LogP contribution in [0.5, 0.6) is 0 Å². The molecule has 0 unspecified atom stereocenters. The van der Waals surface area contributed by atoms with Gasteiger partial charge in [-0.1, -0.05) is 6.07 Å². The SMILES string of the molecule is CSc1ncnc(N(C)Cc2cccs2)c1C#N. The molecular formula is C12H12N4S2. The molecule has 0 spiro atoms. The summed E-state index contributed by atoms with van der Waals surface area (Å²) in [6.07, 6.45) is 3.42. The van der Waals surface area contributed by atoms with Crippen molar-refractivity contribution in [3.8, 4) is 6.07 Å². The van der Waals surface area contributed by atoms with E-state index < -0.39 is 0 Å². The Morgan fingerprint density at radius 1 is 1.50 bits per heavy atom. The van der Waals surface area contributed by atoms with Gasteiger partial charge in [0.1, 0.15) is 23.0 Å². The lowest BCUT2D eigenvalue weighted by molar-refractivity contribution is 0.883. The maximum absolute atomic E-state index is 9.24. The van der Waals surface area contributed by atoms with Gasteiger partial charge in [-0.15, -0.1) is 23.1 Å². The summed E-state index contributed by atoms with van der Waals surface area (Å²) in [7, 11) is 1.94. The van der Waals surface area contributed by atoms with Gasteiger partial charge >= 0.3 is 0 Å². The van der Waals surface area contributed by atoms with Crippen molar-refractivity contribution >= 4 is 28.9 Å². The number of thiophene rings is 1. The molecule has 0 N–H and O–H groups in total. The van der Waals surface area contributed by atoms with E-state index in [1.807, 2.05) is 29.6 Å². The van der Waals surface area contributed by atoms with Gasteiger partial charge in [0.05, 0.1) is 6.54 Å². The zero-order valence-corrected chi connectivity index (χ0v) is 11.8. The third-order valence-corrected chi connectivity index (χ3v) is 3.99. The van der Waals surface area contributed by atoms with Gasteiger partial charge < -0.3 is 4.90 Å². The average molecular weight is 276 g/mol. The van der Waals surface area contributed by atoms with Crippen molar-refractivity contribution in [1.29, 1.82) is 5.26 Å². The zero-order chi connectivity index (χ0) is 13.0. The summed E-state index contributed by atoms with van der Waals surface area (Å²) in [6.45, 7) is 0.747. The van der Waals surface area contributed by atoms with E-state index >= 15 is 0 Å². The standard InChI is InChI=1S/C12H12N4S2/c1-16(7-9-4-3-5-18-9)11-10(6-13)12(17-2)15-8-14-11/h3-5,8H,7H2,1-2H3. The predicted molar refractivity (Wildman–Crippen MR) is 75.0 cm³/mol. The van der Waals surface area contributed by atoms with Crippen LogP contribution < -0.4 is 4.90 Å². The number of aromatic nitrogens is 2. The number of thioether (sulfide) groups is 1. The number of anilines is 1. The molecule has 4 nitrogen and oxygen atoms in total. The first kappa shape index (κ1) is 12.9. The van der Waals surface area contributed by atoms with E-state index in [9.17, 15) is 5.26 Å². The lowest BCUT2D eigenvalue weighted by Gasteiger charge is -2.18. The Balaban J connectivity index is 2.30. The Labute approximate surface area is 114 Å². The van der Waals surface area contributed by atoms with Crippen LogP contribution in [0.4, 0.5) is 5.82 Å². The fraction of sp³-hybridized carbons (Fsp3) is 0.250. The largest absolute Gasteiger partial charge is 0.353 e. The molecule has 2 heterocycles. The molecule has 0 bridgehead atoms. The van der Waals surface area contributed by atoms with Crippen LogP contribution in [0.3, 0.4) is 0 Å².